The standard InChI is InChI=1S/C16H17BrN2O3/c1-10-6-19(8-14(10)16(20)21)7-13-9-22-15(18-13)11-2-4-12(17)5-3-11/h2-5,9-10,14H,6-8H2,1H3,(H,20,21)/t10-,14-/m1/s1. The Labute approximate surface area is 137 Å². The van der Waals surface area contributed by atoms with Crippen LogP contribution in [0.5, 0.6) is 0 Å². The molecule has 1 fully saturated rings. The van der Waals surface area contributed by atoms with Gasteiger partial charge >= 0.3 is 5.97 Å². The van der Waals surface area contributed by atoms with Crippen LogP contribution < -0.4 is 0 Å². The summed E-state index contributed by atoms with van der Waals surface area (Å²) < 4.78 is 6.54. The molecule has 0 radical (unpaired) electrons. The van der Waals surface area contributed by atoms with Gasteiger partial charge in [-0.2, -0.15) is 0 Å². The summed E-state index contributed by atoms with van der Waals surface area (Å²) in [6, 6.07) is 7.77. The van der Waals surface area contributed by atoms with Crippen molar-refractivity contribution in [3.05, 3.63) is 40.7 Å². The second-order valence-corrected chi connectivity index (χ2v) is 6.68. The van der Waals surface area contributed by atoms with Crippen molar-refractivity contribution in [1.82, 2.24) is 9.88 Å². The van der Waals surface area contributed by atoms with Crippen LogP contribution in [0.2, 0.25) is 0 Å². The molecular weight excluding hydrogens is 348 g/mol. The number of hydrogen-bond donors (Lipinski definition) is 1. The summed E-state index contributed by atoms with van der Waals surface area (Å²) in [7, 11) is 0. The fourth-order valence-electron chi connectivity index (χ4n) is 2.85. The van der Waals surface area contributed by atoms with Gasteiger partial charge in [-0.3, -0.25) is 9.69 Å². The number of aromatic nitrogens is 1. The number of oxazole rings is 1. The van der Waals surface area contributed by atoms with Crippen molar-refractivity contribution in [3.63, 3.8) is 0 Å². The maximum Gasteiger partial charge on any atom is 0.308 e. The molecule has 1 saturated heterocycles. The minimum Gasteiger partial charge on any atom is -0.481 e. The Kier molecular flexibility index (Phi) is 4.31. The number of aliphatic carboxylic acids is 1. The van der Waals surface area contributed by atoms with Crippen LogP contribution in [0.25, 0.3) is 11.5 Å². The van der Waals surface area contributed by atoms with Gasteiger partial charge in [-0.25, -0.2) is 4.98 Å². The van der Waals surface area contributed by atoms with Gasteiger partial charge in [-0.1, -0.05) is 22.9 Å². The SMILES string of the molecule is C[C@@H]1CN(Cc2coc(-c3ccc(Br)cc3)n2)C[C@H]1C(=O)O. The molecule has 0 amide bonds. The normalized spacial score (nSPS) is 22.1. The summed E-state index contributed by atoms with van der Waals surface area (Å²) >= 11 is 3.40. The van der Waals surface area contributed by atoms with E-state index in [1.807, 2.05) is 31.2 Å². The smallest absolute Gasteiger partial charge is 0.308 e. The Bertz CT molecular complexity index is 668. The van der Waals surface area contributed by atoms with Crippen molar-refractivity contribution >= 4 is 21.9 Å². The predicted octanol–water partition coefficient (Wildman–Crippen LogP) is 3.26. The van der Waals surface area contributed by atoms with Crippen molar-refractivity contribution in [2.45, 2.75) is 13.5 Å². The van der Waals surface area contributed by atoms with Crippen LogP contribution in [0.3, 0.4) is 0 Å². The number of rotatable bonds is 4. The van der Waals surface area contributed by atoms with E-state index >= 15 is 0 Å². The zero-order valence-electron chi connectivity index (χ0n) is 12.2. The first-order chi connectivity index (χ1) is 10.5. The lowest BCUT2D eigenvalue weighted by Gasteiger charge is -2.12. The summed E-state index contributed by atoms with van der Waals surface area (Å²) in [6.07, 6.45) is 1.65. The molecule has 2 atom stereocenters. The van der Waals surface area contributed by atoms with Crippen LogP contribution in [-0.4, -0.2) is 34.0 Å². The molecule has 1 aromatic carbocycles. The number of benzene rings is 1. The van der Waals surface area contributed by atoms with E-state index in [0.29, 0.717) is 19.0 Å². The van der Waals surface area contributed by atoms with Crippen molar-refractivity contribution in [2.75, 3.05) is 13.1 Å². The summed E-state index contributed by atoms with van der Waals surface area (Å²) in [5, 5.41) is 9.18. The quantitative estimate of drug-likeness (QED) is 0.901. The first-order valence-corrected chi connectivity index (χ1v) is 7.97. The highest BCUT2D eigenvalue weighted by Gasteiger charge is 2.34. The largest absolute Gasteiger partial charge is 0.481 e. The highest BCUT2D eigenvalue weighted by Crippen LogP contribution is 2.26. The van der Waals surface area contributed by atoms with Crippen LogP contribution in [0.15, 0.2) is 39.4 Å². The average molecular weight is 365 g/mol. The van der Waals surface area contributed by atoms with Crippen molar-refractivity contribution in [3.8, 4) is 11.5 Å². The number of carboxylic acid groups (broad SMARTS) is 1. The third-order valence-electron chi connectivity index (χ3n) is 4.03. The van der Waals surface area contributed by atoms with Gasteiger partial charge in [0.2, 0.25) is 5.89 Å². The van der Waals surface area contributed by atoms with Crippen LogP contribution >= 0.6 is 15.9 Å². The van der Waals surface area contributed by atoms with E-state index in [2.05, 4.69) is 25.8 Å². The van der Waals surface area contributed by atoms with Crippen molar-refractivity contribution in [1.29, 1.82) is 0 Å². The van der Waals surface area contributed by atoms with E-state index < -0.39 is 5.97 Å². The van der Waals surface area contributed by atoms with E-state index in [-0.39, 0.29) is 11.8 Å². The van der Waals surface area contributed by atoms with Gasteiger partial charge in [0.25, 0.3) is 0 Å². The Balaban J connectivity index is 1.68. The van der Waals surface area contributed by atoms with Gasteiger partial charge in [0.1, 0.15) is 6.26 Å². The second-order valence-electron chi connectivity index (χ2n) is 5.77. The van der Waals surface area contributed by atoms with E-state index in [1.54, 1.807) is 6.26 Å². The minimum absolute atomic E-state index is 0.162. The topological polar surface area (TPSA) is 66.6 Å². The van der Waals surface area contributed by atoms with Gasteiger partial charge in [-0.05, 0) is 30.2 Å². The van der Waals surface area contributed by atoms with E-state index in [0.717, 1.165) is 22.3 Å². The number of nitrogens with zero attached hydrogens (tertiary/aromatic N) is 2. The number of carbonyl (C=O) groups is 1. The molecule has 3 rings (SSSR count). The zero-order valence-corrected chi connectivity index (χ0v) is 13.8. The highest BCUT2D eigenvalue weighted by molar-refractivity contribution is 9.10. The van der Waals surface area contributed by atoms with Gasteiger partial charge in [0, 0.05) is 29.7 Å². The lowest BCUT2D eigenvalue weighted by atomic mass is 9.99. The number of carboxylic acids is 1. The first-order valence-electron chi connectivity index (χ1n) is 7.18. The van der Waals surface area contributed by atoms with Crippen LogP contribution in [0.1, 0.15) is 12.6 Å². The predicted molar refractivity (Wildman–Crippen MR) is 85.2 cm³/mol. The Hall–Kier alpha value is -1.66. The minimum atomic E-state index is -0.717. The van der Waals surface area contributed by atoms with Crippen LogP contribution in [0.4, 0.5) is 0 Å². The highest BCUT2D eigenvalue weighted by atomic mass is 79.9. The fraction of sp³-hybridized carbons (Fsp3) is 0.375. The summed E-state index contributed by atoms with van der Waals surface area (Å²) in [4.78, 5) is 17.8. The molecule has 5 nitrogen and oxygen atoms in total. The second kappa shape index (κ2) is 6.22. The molecule has 2 aromatic rings. The van der Waals surface area contributed by atoms with E-state index in [1.165, 1.54) is 0 Å². The molecule has 1 N–H and O–H groups in total. The summed E-state index contributed by atoms with van der Waals surface area (Å²) in [6.45, 7) is 3.94. The van der Waals surface area contributed by atoms with Crippen LogP contribution in [-0.2, 0) is 11.3 Å². The van der Waals surface area contributed by atoms with E-state index in [9.17, 15) is 9.90 Å². The molecule has 2 heterocycles. The zero-order chi connectivity index (χ0) is 15.7. The lowest BCUT2D eigenvalue weighted by molar-refractivity contribution is -0.142. The molecule has 0 saturated carbocycles. The average Bonchev–Trinajstić information content (AvgIpc) is 3.07. The first kappa shape index (κ1) is 15.2. The lowest BCUT2D eigenvalue weighted by Crippen LogP contribution is -2.23. The van der Waals surface area contributed by atoms with Gasteiger partial charge in [0.15, 0.2) is 0 Å². The Morgan fingerprint density at radius 1 is 1.41 bits per heavy atom. The molecule has 116 valence electrons. The molecule has 22 heavy (non-hydrogen) atoms. The number of hydrogen-bond acceptors (Lipinski definition) is 4. The van der Waals surface area contributed by atoms with Gasteiger partial charge < -0.3 is 9.52 Å². The van der Waals surface area contributed by atoms with E-state index in [4.69, 9.17) is 4.42 Å². The summed E-state index contributed by atoms with van der Waals surface area (Å²) in [5.41, 5.74) is 1.75. The van der Waals surface area contributed by atoms with Gasteiger partial charge in [-0.15, -0.1) is 0 Å². The molecule has 1 aromatic heterocycles. The molecule has 6 heteroatoms. The Morgan fingerprint density at radius 3 is 2.77 bits per heavy atom. The summed E-state index contributed by atoms with van der Waals surface area (Å²) in [5.74, 6) is -0.261. The van der Waals surface area contributed by atoms with Crippen molar-refractivity contribution < 1.29 is 14.3 Å². The molecule has 0 spiro atoms. The third kappa shape index (κ3) is 3.23. The molecule has 0 aliphatic carbocycles. The third-order valence-corrected chi connectivity index (χ3v) is 4.56. The number of halogens is 1. The van der Waals surface area contributed by atoms with Crippen LogP contribution in [0, 0.1) is 11.8 Å². The monoisotopic (exact) mass is 364 g/mol. The molecule has 0 unspecified atom stereocenters. The number of likely N-dealkylation sites (tertiary alicyclic amines) is 1. The maximum absolute atomic E-state index is 11.2. The molecule has 1 aliphatic heterocycles. The fourth-order valence-corrected chi connectivity index (χ4v) is 3.12. The van der Waals surface area contributed by atoms with Gasteiger partial charge in [0.05, 0.1) is 11.6 Å². The molecule has 0 bridgehead atoms. The van der Waals surface area contributed by atoms with Crippen molar-refractivity contribution in [2.24, 2.45) is 11.8 Å². The Morgan fingerprint density at radius 2 is 2.14 bits per heavy atom. The molecular formula is C16H17BrN2O3. The molecule has 1 aliphatic rings. The maximum atomic E-state index is 11.2.